The molecule has 0 fully saturated rings. The van der Waals surface area contributed by atoms with Gasteiger partial charge in [-0.05, 0) is 30.7 Å². The minimum Gasteiger partial charge on any atom is -0.378 e. The van der Waals surface area contributed by atoms with Crippen molar-refractivity contribution in [1.29, 1.82) is 0 Å². The van der Waals surface area contributed by atoms with Gasteiger partial charge in [0.15, 0.2) is 5.82 Å². The van der Waals surface area contributed by atoms with Gasteiger partial charge in [-0.2, -0.15) is 9.50 Å². The molecule has 2 heterocycles. The molecule has 2 N–H and O–H groups in total. The van der Waals surface area contributed by atoms with Crippen LogP contribution in [0.5, 0.6) is 0 Å². The van der Waals surface area contributed by atoms with Gasteiger partial charge >= 0.3 is 0 Å². The zero-order chi connectivity index (χ0) is 19.0. The van der Waals surface area contributed by atoms with Crippen LogP contribution in [-0.4, -0.2) is 19.6 Å². The summed E-state index contributed by atoms with van der Waals surface area (Å²) >= 11 is 12.4. The summed E-state index contributed by atoms with van der Waals surface area (Å²) in [5, 5.41) is 7.34. The van der Waals surface area contributed by atoms with E-state index >= 15 is 0 Å². The van der Waals surface area contributed by atoms with Crippen molar-refractivity contribution >= 4 is 34.7 Å². The molecule has 0 saturated carbocycles. The molecule has 136 valence electrons. The third-order valence-corrected chi connectivity index (χ3v) is 4.83. The SMILES string of the molecule is Cc1cccc(Cl)c1NCc1cc(=O)n2[nH]c(-c3ccccc3Cl)nc2n1. The Morgan fingerprint density at radius 3 is 2.63 bits per heavy atom. The zero-order valence-corrected chi connectivity index (χ0v) is 15.8. The summed E-state index contributed by atoms with van der Waals surface area (Å²) in [4.78, 5) is 21.3. The number of rotatable bonds is 4. The topological polar surface area (TPSA) is 75.1 Å². The second kappa shape index (κ2) is 7.06. The van der Waals surface area contributed by atoms with Gasteiger partial charge < -0.3 is 5.32 Å². The number of nitrogens with zero attached hydrogens (tertiary/aromatic N) is 3. The van der Waals surface area contributed by atoms with Crippen LogP contribution in [-0.2, 0) is 6.54 Å². The van der Waals surface area contributed by atoms with Crippen LogP contribution in [0.3, 0.4) is 0 Å². The Kier molecular flexibility index (Phi) is 4.59. The smallest absolute Gasteiger partial charge is 0.274 e. The van der Waals surface area contributed by atoms with Crippen molar-refractivity contribution in [1.82, 2.24) is 19.6 Å². The number of para-hydroxylation sites is 1. The highest BCUT2D eigenvalue weighted by Crippen LogP contribution is 2.26. The third-order valence-electron chi connectivity index (χ3n) is 4.18. The van der Waals surface area contributed by atoms with Gasteiger partial charge in [-0.3, -0.25) is 9.89 Å². The normalized spacial score (nSPS) is 11.1. The fourth-order valence-electron chi connectivity index (χ4n) is 2.83. The predicted molar refractivity (Wildman–Crippen MR) is 108 cm³/mol. The number of fused-ring (bicyclic) bond motifs is 1. The van der Waals surface area contributed by atoms with Gasteiger partial charge in [0, 0.05) is 11.6 Å². The Hall–Kier alpha value is -2.83. The average Bonchev–Trinajstić information content (AvgIpc) is 3.06. The molecule has 0 bridgehead atoms. The van der Waals surface area contributed by atoms with Crippen LogP contribution >= 0.6 is 23.2 Å². The second-order valence-electron chi connectivity index (χ2n) is 6.06. The second-order valence-corrected chi connectivity index (χ2v) is 6.87. The van der Waals surface area contributed by atoms with Gasteiger partial charge in [-0.15, -0.1) is 0 Å². The largest absolute Gasteiger partial charge is 0.378 e. The van der Waals surface area contributed by atoms with E-state index in [9.17, 15) is 4.79 Å². The molecular formula is C19H15Cl2N5O. The first kappa shape index (κ1) is 17.6. The van der Waals surface area contributed by atoms with Crippen molar-refractivity contribution in [2.75, 3.05) is 5.32 Å². The molecule has 0 radical (unpaired) electrons. The lowest BCUT2D eigenvalue weighted by molar-refractivity contribution is 0.878. The maximum absolute atomic E-state index is 12.4. The van der Waals surface area contributed by atoms with Gasteiger partial charge in [-0.25, -0.2) is 4.98 Å². The molecule has 6 nitrogen and oxygen atoms in total. The Morgan fingerprint density at radius 1 is 1.07 bits per heavy atom. The average molecular weight is 400 g/mol. The van der Waals surface area contributed by atoms with Gasteiger partial charge in [-0.1, -0.05) is 47.5 Å². The predicted octanol–water partition coefficient (Wildman–Crippen LogP) is 4.31. The van der Waals surface area contributed by atoms with Crippen LogP contribution in [0.1, 0.15) is 11.3 Å². The molecule has 0 atom stereocenters. The molecule has 0 aliphatic carbocycles. The van der Waals surface area contributed by atoms with Crippen molar-refractivity contribution < 1.29 is 0 Å². The molecule has 2 aromatic carbocycles. The molecule has 2 aromatic heterocycles. The molecule has 27 heavy (non-hydrogen) atoms. The van der Waals surface area contributed by atoms with E-state index in [1.54, 1.807) is 6.07 Å². The van der Waals surface area contributed by atoms with Crippen LogP contribution < -0.4 is 10.9 Å². The molecule has 0 amide bonds. The number of hydrogen-bond acceptors (Lipinski definition) is 4. The van der Waals surface area contributed by atoms with E-state index in [0.29, 0.717) is 33.7 Å². The maximum Gasteiger partial charge on any atom is 0.274 e. The van der Waals surface area contributed by atoms with Gasteiger partial charge in [0.1, 0.15) is 0 Å². The summed E-state index contributed by atoms with van der Waals surface area (Å²) in [5.74, 6) is 0.766. The highest BCUT2D eigenvalue weighted by Gasteiger charge is 2.12. The van der Waals surface area contributed by atoms with E-state index in [2.05, 4.69) is 20.4 Å². The summed E-state index contributed by atoms with van der Waals surface area (Å²) in [6, 6.07) is 14.4. The number of nitrogens with one attached hydrogen (secondary N) is 2. The van der Waals surface area contributed by atoms with E-state index in [-0.39, 0.29) is 11.3 Å². The number of hydrogen-bond donors (Lipinski definition) is 2. The number of aromatic nitrogens is 4. The summed E-state index contributed by atoms with van der Waals surface area (Å²) < 4.78 is 1.29. The molecule has 4 rings (SSSR count). The first-order valence-electron chi connectivity index (χ1n) is 8.25. The molecule has 0 aliphatic heterocycles. The van der Waals surface area contributed by atoms with Gasteiger partial charge in [0.25, 0.3) is 11.3 Å². The van der Waals surface area contributed by atoms with Crippen molar-refractivity contribution in [2.24, 2.45) is 0 Å². The lowest BCUT2D eigenvalue weighted by atomic mass is 10.2. The Bertz CT molecular complexity index is 1180. The van der Waals surface area contributed by atoms with Crippen molar-refractivity contribution in [3.63, 3.8) is 0 Å². The standard InChI is InChI=1S/C19H15Cl2N5O/c1-11-5-4-8-15(21)17(11)22-10-12-9-16(27)26-19(23-12)24-18(25-26)13-6-2-3-7-14(13)20/h2-9,22H,10H2,1H3,(H,23,24,25). The van der Waals surface area contributed by atoms with Crippen molar-refractivity contribution in [3.8, 4) is 11.4 Å². The van der Waals surface area contributed by atoms with E-state index in [4.69, 9.17) is 23.2 Å². The number of halogens is 2. The number of benzene rings is 2. The van der Waals surface area contributed by atoms with E-state index in [1.165, 1.54) is 10.6 Å². The quantitative estimate of drug-likeness (QED) is 0.535. The van der Waals surface area contributed by atoms with Gasteiger partial charge in [0.05, 0.1) is 28.0 Å². The summed E-state index contributed by atoms with van der Waals surface area (Å²) in [6.07, 6.45) is 0. The molecule has 0 unspecified atom stereocenters. The Morgan fingerprint density at radius 2 is 1.85 bits per heavy atom. The minimum atomic E-state index is -0.251. The van der Waals surface area contributed by atoms with Crippen molar-refractivity contribution in [2.45, 2.75) is 13.5 Å². The van der Waals surface area contributed by atoms with Gasteiger partial charge in [0.2, 0.25) is 0 Å². The van der Waals surface area contributed by atoms with Crippen LogP contribution in [0.25, 0.3) is 17.2 Å². The summed E-state index contributed by atoms with van der Waals surface area (Å²) in [5.41, 5.74) is 2.85. The number of aromatic amines is 1. The number of aryl methyl sites for hydroxylation is 1. The first-order valence-corrected chi connectivity index (χ1v) is 9.01. The van der Waals surface area contributed by atoms with E-state index in [1.807, 2.05) is 43.3 Å². The first-order chi connectivity index (χ1) is 13.0. The molecular weight excluding hydrogens is 385 g/mol. The molecule has 8 heteroatoms. The Balaban J connectivity index is 1.68. The monoisotopic (exact) mass is 399 g/mol. The van der Waals surface area contributed by atoms with Crippen LogP contribution in [0.4, 0.5) is 5.69 Å². The molecule has 4 aromatic rings. The zero-order valence-electron chi connectivity index (χ0n) is 14.3. The van der Waals surface area contributed by atoms with Crippen LogP contribution in [0.2, 0.25) is 10.0 Å². The summed E-state index contributed by atoms with van der Waals surface area (Å²) in [7, 11) is 0. The number of anilines is 1. The lowest BCUT2D eigenvalue weighted by Gasteiger charge is -2.10. The van der Waals surface area contributed by atoms with Crippen LogP contribution in [0, 0.1) is 6.92 Å². The van der Waals surface area contributed by atoms with Crippen LogP contribution in [0.15, 0.2) is 53.3 Å². The third kappa shape index (κ3) is 3.41. The number of H-pyrrole nitrogens is 1. The molecule has 0 saturated heterocycles. The van der Waals surface area contributed by atoms with Crippen molar-refractivity contribution in [3.05, 3.63) is 80.2 Å². The van der Waals surface area contributed by atoms with E-state index in [0.717, 1.165) is 11.3 Å². The maximum atomic E-state index is 12.4. The fraction of sp³-hybridized carbons (Fsp3) is 0.105. The van der Waals surface area contributed by atoms with E-state index < -0.39 is 0 Å². The summed E-state index contributed by atoms with van der Waals surface area (Å²) in [6.45, 7) is 2.31. The highest BCUT2D eigenvalue weighted by molar-refractivity contribution is 6.33. The highest BCUT2D eigenvalue weighted by atomic mass is 35.5. The molecule has 0 spiro atoms. The molecule has 0 aliphatic rings. The Labute approximate surface area is 164 Å². The lowest BCUT2D eigenvalue weighted by Crippen LogP contribution is -2.17. The minimum absolute atomic E-state index is 0.251. The fourth-order valence-corrected chi connectivity index (χ4v) is 3.34.